The molecule has 5 N–H and O–H groups in total. The molecule has 2 heterocycles. The molecule has 7 nitrogen and oxygen atoms in total. The third-order valence-corrected chi connectivity index (χ3v) is 8.42. The Labute approximate surface area is 186 Å². The van der Waals surface area contributed by atoms with E-state index in [-0.39, 0.29) is 28.5 Å². The second-order valence-corrected chi connectivity index (χ2v) is 11.1. The zero-order valence-corrected chi connectivity index (χ0v) is 18.9. The molecule has 166 valence electrons. The van der Waals surface area contributed by atoms with Crippen molar-refractivity contribution >= 4 is 45.7 Å². The van der Waals surface area contributed by atoms with Crippen molar-refractivity contribution in [2.45, 2.75) is 31.1 Å². The van der Waals surface area contributed by atoms with E-state index in [4.69, 9.17) is 17.3 Å². The van der Waals surface area contributed by atoms with E-state index in [1.54, 1.807) is 26.8 Å². The minimum absolute atomic E-state index is 0.0241. The Morgan fingerprint density at radius 2 is 2.03 bits per heavy atom. The first-order valence-corrected chi connectivity index (χ1v) is 11.4. The number of nitrogens with zero attached hydrogens (tertiary/aromatic N) is 2. The van der Waals surface area contributed by atoms with Gasteiger partial charge in [-0.2, -0.15) is 10.6 Å². The lowest BCUT2D eigenvalue weighted by Gasteiger charge is -2.53. The fraction of sp³-hybridized carbons (Fsp3) is 0.286. The number of pyridine rings is 1. The molecular formula is C21H24ClFN4O3S. The van der Waals surface area contributed by atoms with Gasteiger partial charge in [0.05, 0.1) is 10.8 Å². The predicted molar refractivity (Wildman–Crippen MR) is 124 cm³/mol. The van der Waals surface area contributed by atoms with Gasteiger partial charge in [-0.25, -0.2) is 9.37 Å². The minimum atomic E-state index is -3.22. The molecule has 1 aliphatic heterocycles. The van der Waals surface area contributed by atoms with Crippen LogP contribution in [0.2, 0.25) is 5.02 Å². The minimum Gasteiger partial charge on any atom is -0.386 e. The SMILES string of the molecule is C=Cc1cc(Cl)cnc1C(=O)Nc1ccc(F)c([C@]2(C)CS(O)(O)C(C)(C)C(N)=N2)c1. The fourth-order valence-electron chi connectivity index (χ4n) is 3.32. The molecule has 0 aliphatic carbocycles. The largest absolute Gasteiger partial charge is 0.386 e. The first-order chi connectivity index (χ1) is 14.3. The van der Waals surface area contributed by atoms with E-state index in [0.717, 1.165) is 0 Å². The van der Waals surface area contributed by atoms with Gasteiger partial charge < -0.3 is 11.1 Å². The maximum Gasteiger partial charge on any atom is 0.274 e. The van der Waals surface area contributed by atoms with Crippen LogP contribution in [0.25, 0.3) is 6.08 Å². The zero-order valence-electron chi connectivity index (χ0n) is 17.3. The highest BCUT2D eigenvalue weighted by Crippen LogP contribution is 2.59. The van der Waals surface area contributed by atoms with Crippen molar-refractivity contribution in [3.63, 3.8) is 0 Å². The number of aliphatic imine (C=N–C) groups is 1. The third kappa shape index (κ3) is 4.18. The van der Waals surface area contributed by atoms with Gasteiger partial charge in [-0.05, 0) is 45.0 Å². The molecule has 10 heteroatoms. The molecule has 0 unspecified atom stereocenters. The van der Waals surface area contributed by atoms with Gasteiger partial charge in [0.25, 0.3) is 5.91 Å². The van der Waals surface area contributed by atoms with Gasteiger partial charge in [0, 0.05) is 23.0 Å². The summed E-state index contributed by atoms with van der Waals surface area (Å²) >= 11 is 5.91. The van der Waals surface area contributed by atoms with Gasteiger partial charge in [0.15, 0.2) is 0 Å². The number of amidine groups is 1. The highest BCUT2D eigenvalue weighted by Gasteiger charge is 2.49. The Morgan fingerprint density at radius 1 is 1.35 bits per heavy atom. The predicted octanol–water partition coefficient (Wildman–Crippen LogP) is 4.88. The van der Waals surface area contributed by atoms with Crippen molar-refractivity contribution in [2.24, 2.45) is 10.7 Å². The summed E-state index contributed by atoms with van der Waals surface area (Å²) in [5.74, 6) is -1.33. The molecule has 1 atom stereocenters. The number of amides is 1. The Morgan fingerprint density at radius 3 is 2.65 bits per heavy atom. The van der Waals surface area contributed by atoms with Crippen molar-refractivity contribution in [2.75, 3.05) is 11.1 Å². The topological polar surface area (TPSA) is 121 Å². The number of anilines is 1. The molecule has 1 aliphatic rings. The van der Waals surface area contributed by atoms with Crippen molar-refractivity contribution in [3.05, 3.63) is 64.7 Å². The maximum atomic E-state index is 14.8. The number of nitrogens with two attached hydrogens (primary N) is 1. The smallest absolute Gasteiger partial charge is 0.274 e. The highest BCUT2D eigenvalue weighted by molar-refractivity contribution is 8.26. The number of rotatable bonds is 4. The molecule has 0 saturated carbocycles. The summed E-state index contributed by atoms with van der Waals surface area (Å²) in [6.07, 6.45) is 2.80. The normalized spacial score (nSPS) is 22.9. The molecule has 0 radical (unpaired) electrons. The number of benzene rings is 1. The molecule has 1 aromatic heterocycles. The van der Waals surface area contributed by atoms with Crippen LogP contribution in [-0.4, -0.2) is 36.3 Å². The summed E-state index contributed by atoms with van der Waals surface area (Å²) in [5, 5.41) is 3.03. The van der Waals surface area contributed by atoms with Crippen LogP contribution in [0.5, 0.6) is 0 Å². The van der Waals surface area contributed by atoms with Gasteiger partial charge in [-0.3, -0.25) is 18.9 Å². The van der Waals surface area contributed by atoms with Gasteiger partial charge in [0.2, 0.25) is 0 Å². The number of hydrogen-bond donors (Lipinski definition) is 4. The van der Waals surface area contributed by atoms with Gasteiger partial charge in [-0.15, -0.1) is 0 Å². The van der Waals surface area contributed by atoms with Crippen LogP contribution in [0.1, 0.15) is 42.4 Å². The number of halogens is 2. The lowest BCUT2D eigenvalue weighted by Crippen LogP contribution is -2.52. The Kier molecular flexibility index (Phi) is 5.92. The second kappa shape index (κ2) is 7.90. The summed E-state index contributed by atoms with van der Waals surface area (Å²) in [6.45, 7) is 8.40. The fourth-order valence-corrected chi connectivity index (χ4v) is 5.23. The van der Waals surface area contributed by atoms with Crippen molar-refractivity contribution in [1.29, 1.82) is 0 Å². The molecule has 31 heavy (non-hydrogen) atoms. The molecule has 0 spiro atoms. The summed E-state index contributed by atoms with van der Waals surface area (Å²) in [7, 11) is -3.22. The molecule has 0 bridgehead atoms. The Bertz CT molecular complexity index is 1110. The van der Waals surface area contributed by atoms with E-state index in [0.29, 0.717) is 10.6 Å². The summed E-state index contributed by atoms with van der Waals surface area (Å²) in [4.78, 5) is 21.2. The van der Waals surface area contributed by atoms with E-state index >= 15 is 0 Å². The van der Waals surface area contributed by atoms with Crippen LogP contribution in [0.3, 0.4) is 0 Å². The molecule has 2 aromatic rings. The van der Waals surface area contributed by atoms with E-state index in [9.17, 15) is 18.3 Å². The Balaban J connectivity index is 1.99. The number of hydrogen-bond acceptors (Lipinski definition) is 6. The number of carbonyl (C=O) groups is 1. The average Bonchev–Trinajstić information content (AvgIpc) is 2.67. The van der Waals surface area contributed by atoms with Crippen molar-refractivity contribution in [1.82, 2.24) is 4.98 Å². The lowest BCUT2D eigenvalue weighted by atomic mass is 9.92. The number of carbonyl (C=O) groups excluding carboxylic acids is 1. The maximum absolute atomic E-state index is 14.8. The van der Waals surface area contributed by atoms with Crippen LogP contribution in [0.15, 0.2) is 42.0 Å². The molecule has 0 fully saturated rings. The molecule has 0 saturated heterocycles. The monoisotopic (exact) mass is 466 g/mol. The van der Waals surface area contributed by atoms with Gasteiger partial charge >= 0.3 is 0 Å². The van der Waals surface area contributed by atoms with Crippen LogP contribution in [0.4, 0.5) is 10.1 Å². The van der Waals surface area contributed by atoms with E-state index in [1.807, 2.05) is 0 Å². The first kappa shape index (κ1) is 23.2. The summed E-state index contributed by atoms with van der Waals surface area (Å²) < 4.78 is 35.0. The standard InChI is InChI=1S/C21H24ClFN4O3S/c1-5-12-8-13(22)10-25-17(12)18(28)26-14-6-7-16(23)15(9-14)21(4)11-31(29,30)20(2,3)19(24)27-21/h5-10,29-30H,1,11H2,2-4H3,(H2,24,27)(H,26,28)/t21-/m0/s1. The molecular weight excluding hydrogens is 443 g/mol. The highest BCUT2D eigenvalue weighted by atomic mass is 35.5. The van der Waals surface area contributed by atoms with Crippen LogP contribution >= 0.6 is 22.2 Å². The molecule has 1 amide bonds. The molecule has 1 aromatic carbocycles. The average molecular weight is 467 g/mol. The second-order valence-electron chi connectivity index (χ2n) is 8.04. The number of aromatic nitrogens is 1. The van der Waals surface area contributed by atoms with Crippen LogP contribution < -0.4 is 11.1 Å². The zero-order chi connectivity index (χ0) is 23.2. The van der Waals surface area contributed by atoms with Gasteiger partial charge in [-0.1, -0.05) is 24.3 Å². The van der Waals surface area contributed by atoms with Crippen LogP contribution in [-0.2, 0) is 5.54 Å². The quantitative estimate of drug-likeness (QED) is 0.511. The van der Waals surface area contributed by atoms with E-state index in [1.165, 1.54) is 30.5 Å². The molecule has 3 rings (SSSR count). The first-order valence-electron chi connectivity index (χ1n) is 9.31. The van der Waals surface area contributed by atoms with E-state index < -0.39 is 32.6 Å². The Hall–Kier alpha value is -2.46. The summed E-state index contributed by atoms with van der Waals surface area (Å²) in [6, 6.07) is 5.53. The third-order valence-electron chi connectivity index (χ3n) is 5.41. The lowest BCUT2D eigenvalue weighted by molar-refractivity contribution is 0.102. The van der Waals surface area contributed by atoms with E-state index in [2.05, 4.69) is 21.9 Å². The van der Waals surface area contributed by atoms with Crippen molar-refractivity contribution in [3.8, 4) is 0 Å². The summed E-state index contributed by atoms with van der Waals surface area (Å²) in [5.41, 5.74) is 5.61. The van der Waals surface area contributed by atoms with Crippen LogP contribution in [0, 0.1) is 5.82 Å². The van der Waals surface area contributed by atoms with Crippen molar-refractivity contribution < 1.29 is 18.3 Å². The van der Waals surface area contributed by atoms with Gasteiger partial charge in [0.1, 0.15) is 27.6 Å². The number of nitrogens with one attached hydrogen (secondary N) is 1.